The third-order valence-electron chi connectivity index (χ3n) is 15.4. The Morgan fingerprint density at radius 1 is 0.904 bits per heavy atom. The smallest absolute Gasteiger partial charge is 0.329 e. The maximum Gasteiger partial charge on any atom is 0.329 e. The molecule has 2 saturated heterocycles. The lowest BCUT2D eigenvalue weighted by Gasteiger charge is -2.42. The zero-order chi connectivity index (χ0) is 60.5. The minimum absolute atomic E-state index is 0.0344. The molecule has 1 amide bonds. The molecule has 3 aliphatic heterocycles. The van der Waals surface area contributed by atoms with Gasteiger partial charge in [0.25, 0.3) is 11.7 Å². The van der Waals surface area contributed by atoms with Crippen molar-refractivity contribution in [2.45, 2.75) is 187 Å². The second kappa shape index (κ2) is 28.3. The Hall–Kier alpha value is -3.94. The summed E-state index contributed by atoms with van der Waals surface area (Å²) in [7, 11) is 4.11. The van der Waals surface area contributed by atoms with Crippen LogP contribution in [0.25, 0.3) is 0 Å². The Morgan fingerprint density at radius 3 is 2.26 bits per heavy atom. The predicted octanol–water partition coefficient (Wildman–Crippen LogP) is 5.72. The fourth-order valence-electron chi connectivity index (χ4n) is 10.6. The largest absolute Gasteiger partial charge is 0.460 e. The van der Waals surface area contributed by atoms with Gasteiger partial charge in [0.05, 0.1) is 36.9 Å². The first-order chi connectivity index (χ1) is 37.1. The van der Waals surface area contributed by atoms with Crippen LogP contribution in [0.15, 0.2) is 47.6 Å². The van der Waals surface area contributed by atoms with E-state index >= 15 is 0 Å². The molecule has 17 heteroatoms. The van der Waals surface area contributed by atoms with Crippen LogP contribution in [-0.2, 0) is 57.2 Å². The number of methoxy groups -OCH3 is 3. The van der Waals surface area contributed by atoms with Crippen molar-refractivity contribution in [2.75, 3.05) is 41.0 Å². The number of fused-ring (bicyclic) bond motifs is 3. The van der Waals surface area contributed by atoms with Gasteiger partial charge in [0.15, 0.2) is 5.78 Å². The molecule has 3 heterocycles. The molecule has 1 aliphatic carbocycles. The molecule has 3 fully saturated rings. The molecule has 4 aliphatic rings. The Balaban J connectivity index is 1.72. The second-order valence-corrected chi connectivity index (χ2v) is 20.9. The lowest BCUT2D eigenvalue weighted by Crippen LogP contribution is -2.61. The molecule has 0 aromatic rings. The normalized spacial score (nSPS) is 39.4. The number of carbonyl (C=O) groups is 6. The second-order valence-electron chi connectivity index (χ2n) is 20.9. The number of piperidine rings is 1. The molecule has 0 unspecified atom stereocenters. The van der Waals surface area contributed by atoms with Gasteiger partial charge in [-0.3, -0.25) is 24.0 Å². The first-order valence-corrected chi connectivity index (χ1v) is 25.8. The summed E-state index contributed by atoms with van der Waals surface area (Å²) >= 11 is 0. The average Bonchev–Trinajstić information content (AvgIpc) is 3.36. The number of allylic oxidation sites excluding steroid dienone is 6. The molecule has 15 atom stereocenters. The van der Waals surface area contributed by atoms with Gasteiger partial charge in [0.2, 0.25) is 5.79 Å². The van der Waals surface area contributed by atoms with Gasteiger partial charge in [-0.15, -0.1) is 0 Å². The van der Waals surface area contributed by atoms with Crippen molar-refractivity contribution >= 4 is 35.2 Å². The number of aliphatic hydroxyl groups excluding tert-OH is 1. The average molecular weight is 1040 g/mol. The Kier molecular flexibility index (Phi) is 19.8. The number of hydrogen-bond acceptors (Lipinski definition) is 16. The summed E-state index contributed by atoms with van der Waals surface area (Å²) in [5.74, 6) is -11.9. The number of ether oxygens (including phenoxy) is 6. The third-order valence-corrected chi connectivity index (χ3v) is 15.4. The molecule has 0 aromatic carbocycles. The highest BCUT2D eigenvalue weighted by Crippen LogP contribution is 2.38. The fourth-order valence-corrected chi connectivity index (χ4v) is 10.6. The number of aliphatic hydroxyl groups is 4. The van der Waals surface area contributed by atoms with Crippen LogP contribution in [0.5, 0.6) is 0 Å². The van der Waals surface area contributed by atoms with E-state index in [9.17, 15) is 49.2 Å². The SMILES string of the molecule is [2H][13C]([2H])([2H])C(C(=O)O[C@@H]1CC[C@@H](C[C@@H](C)[C@@H]2CC(=O)[C@H](C)/C=C(\C)[C@@H](O)[C@@H](OC)C(=O)[C@H](C)C[C@H](C)/C=C/C=C/C=C(\C)[C@@H](OC)C[C@@H]3CC[C@@H](C)[C@@](O)(O3)C(=O)C(=O)N3CCCC[C@H]3C(=O)O2)C[C@H]1OC)([13C]([2H])([2H])O)[13C]([2H])([2H])O. The Labute approximate surface area is 442 Å². The molecule has 4 N–H and O–H groups in total. The van der Waals surface area contributed by atoms with E-state index in [1.807, 2.05) is 44.2 Å². The number of cyclic esters (lactones) is 1. The molecule has 0 radical (unpaired) electrons. The summed E-state index contributed by atoms with van der Waals surface area (Å²) in [6.07, 6.45) is 5.99. The molecule has 1 saturated carbocycles. The number of amides is 1. The maximum absolute atomic E-state index is 14.6. The molecular formula is C56H87NO16. The minimum atomic E-state index is -4.14. The summed E-state index contributed by atoms with van der Waals surface area (Å²) < 4.78 is 89.7. The highest BCUT2D eigenvalue weighted by molar-refractivity contribution is 6.39. The monoisotopic (exact) mass is 1040 g/mol. The van der Waals surface area contributed by atoms with Crippen molar-refractivity contribution < 1.29 is 87.2 Å². The van der Waals surface area contributed by atoms with E-state index in [1.54, 1.807) is 34.6 Å². The van der Waals surface area contributed by atoms with E-state index in [4.69, 9.17) is 38.0 Å². The number of Topliss-reactive ketones (excluding diaryl/α,β-unsaturated/α-hetero) is 3. The summed E-state index contributed by atoms with van der Waals surface area (Å²) in [6, 6.07) is -1.31. The summed E-state index contributed by atoms with van der Waals surface area (Å²) in [5, 5.41) is 44.2. The quantitative estimate of drug-likeness (QED) is 0.0885. The van der Waals surface area contributed by atoms with E-state index in [-0.39, 0.29) is 74.7 Å². The number of nitrogens with zero attached hydrogens (tertiary/aromatic N) is 1. The number of esters is 2. The van der Waals surface area contributed by atoms with Crippen LogP contribution >= 0.6 is 0 Å². The Morgan fingerprint density at radius 2 is 1.62 bits per heavy atom. The van der Waals surface area contributed by atoms with Gasteiger partial charge in [0, 0.05) is 62.6 Å². The zero-order valence-corrected chi connectivity index (χ0v) is 44.4. The van der Waals surface area contributed by atoms with E-state index in [2.05, 4.69) is 0 Å². The van der Waals surface area contributed by atoms with Crippen molar-refractivity contribution in [2.24, 2.45) is 40.9 Å². The van der Waals surface area contributed by atoms with Gasteiger partial charge in [-0.2, -0.15) is 0 Å². The van der Waals surface area contributed by atoms with Crippen molar-refractivity contribution in [1.82, 2.24) is 4.90 Å². The fraction of sp³-hybridized carbons (Fsp3) is 0.750. The van der Waals surface area contributed by atoms with Gasteiger partial charge in [-0.25, -0.2) is 4.79 Å². The molecule has 0 spiro atoms. The van der Waals surface area contributed by atoms with Crippen LogP contribution in [-0.4, -0.2) is 156 Å². The Bertz CT molecular complexity index is 2260. The lowest BCUT2D eigenvalue weighted by atomic mass is 9.78. The minimum Gasteiger partial charge on any atom is -0.460 e. The van der Waals surface area contributed by atoms with Gasteiger partial charge >= 0.3 is 11.9 Å². The molecular weight excluding hydrogens is 946 g/mol. The van der Waals surface area contributed by atoms with E-state index in [0.717, 1.165) is 10.5 Å². The van der Waals surface area contributed by atoms with Crippen molar-refractivity contribution in [3.8, 4) is 0 Å². The van der Waals surface area contributed by atoms with Crippen LogP contribution in [0.2, 0.25) is 0 Å². The number of carbonyl (C=O) groups excluding carboxylic acids is 6. The van der Waals surface area contributed by atoms with Gasteiger partial charge in [-0.1, -0.05) is 71.1 Å². The van der Waals surface area contributed by atoms with Gasteiger partial charge in [0.1, 0.15) is 41.7 Å². The maximum atomic E-state index is 14.6. The zero-order valence-electron chi connectivity index (χ0n) is 51.4. The van der Waals surface area contributed by atoms with Crippen LogP contribution in [0.3, 0.4) is 0 Å². The first kappa shape index (κ1) is 51.2. The highest BCUT2D eigenvalue weighted by atomic mass is 16.6. The van der Waals surface area contributed by atoms with Crippen molar-refractivity contribution in [1.29, 1.82) is 0 Å². The highest BCUT2D eigenvalue weighted by Gasteiger charge is 2.53. The standard InChI is InChI=1S/C56H87NO16/c1-33-17-13-12-14-18-34(2)45(68-9)29-41-22-20-39(7)56(67,73-41)51(63)52(64)57-24-16-15-19-42(57)53(65)71-46(30-43(60)35(3)26-38(6)49(62)50(70-11)48(61)37(5)25-33)36(4)27-40-21-23-44(47(28-40)69-10)72-54(66)55(8,31-58)32-59/h12-14,17-18,26,33,35-37,39-42,44-47,49-50,58-59,62,67H,15-16,19-25,27-32H2,1-11H3/b14-12+,17-13+,34-18+,38-26+/t33-,35-,36-,37-,39-,40+,41+,42+,44-,45+,46+,47-,49-,50+,56-/m1/s1/i8+1D3,31+1D2,32+1D2. The van der Waals surface area contributed by atoms with E-state index < -0.39 is 133 Å². The summed E-state index contributed by atoms with van der Waals surface area (Å²) in [6.45, 7) is -0.202. The molecule has 17 nitrogen and oxygen atoms in total. The molecule has 412 valence electrons. The topological polar surface area (TPSA) is 242 Å². The predicted molar refractivity (Wildman–Crippen MR) is 271 cm³/mol. The molecule has 73 heavy (non-hydrogen) atoms. The van der Waals surface area contributed by atoms with Crippen LogP contribution < -0.4 is 0 Å². The van der Waals surface area contributed by atoms with Crippen molar-refractivity contribution in [3.63, 3.8) is 0 Å². The number of rotatable bonds is 10. The van der Waals surface area contributed by atoms with E-state index in [1.165, 1.54) is 27.4 Å². The van der Waals surface area contributed by atoms with Crippen LogP contribution in [0.1, 0.15) is 142 Å². The van der Waals surface area contributed by atoms with Crippen molar-refractivity contribution in [3.05, 3.63) is 47.6 Å². The molecule has 0 aromatic heterocycles. The first-order valence-electron chi connectivity index (χ1n) is 29.3. The van der Waals surface area contributed by atoms with Gasteiger partial charge < -0.3 is 53.7 Å². The number of ketones is 3. The molecule has 4 rings (SSSR count). The summed E-state index contributed by atoms with van der Waals surface area (Å²) in [5.41, 5.74) is -3.00. The van der Waals surface area contributed by atoms with Crippen LogP contribution in [0.4, 0.5) is 0 Å². The molecule has 2 bridgehead atoms. The summed E-state index contributed by atoms with van der Waals surface area (Å²) in [4.78, 5) is 86.2. The van der Waals surface area contributed by atoms with Crippen LogP contribution in [0, 0.1) is 40.9 Å². The number of hydrogen-bond donors (Lipinski definition) is 4. The third kappa shape index (κ3) is 16.0. The van der Waals surface area contributed by atoms with E-state index in [0.29, 0.717) is 32.1 Å². The lowest BCUT2D eigenvalue weighted by molar-refractivity contribution is -0.265. The van der Waals surface area contributed by atoms with Gasteiger partial charge in [-0.05, 0) is 114 Å².